The Balaban J connectivity index is 1.68. The molecular formula is C20H30ClN3O4S. The van der Waals surface area contributed by atoms with Gasteiger partial charge in [-0.05, 0) is 58.7 Å². The monoisotopic (exact) mass is 443 g/mol. The molecule has 0 unspecified atom stereocenters. The quantitative estimate of drug-likeness (QED) is 0.675. The molecule has 1 saturated carbocycles. The summed E-state index contributed by atoms with van der Waals surface area (Å²) in [5.74, 6) is -0.327. The molecule has 2 aliphatic rings. The predicted molar refractivity (Wildman–Crippen MR) is 113 cm³/mol. The molecule has 1 aliphatic heterocycles. The molecule has 1 saturated heterocycles. The van der Waals surface area contributed by atoms with Gasteiger partial charge in [0.25, 0.3) is 5.91 Å². The van der Waals surface area contributed by atoms with Crippen molar-refractivity contribution < 1.29 is 17.9 Å². The van der Waals surface area contributed by atoms with Gasteiger partial charge >= 0.3 is 0 Å². The highest BCUT2D eigenvalue weighted by molar-refractivity contribution is 7.89. The van der Waals surface area contributed by atoms with Crippen LogP contribution in [0.15, 0.2) is 23.1 Å². The molecular weight excluding hydrogens is 414 g/mol. The van der Waals surface area contributed by atoms with Crippen LogP contribution in [0.4, 0.5) is 0 Å². The molecule has 29 heavy (non-hydrogen) atoms. The number of carbonyl (C=O) groups excluding carboxylic acids is 1. The number of benzene rings is 1. The highest BCUT2D eigenvalue weighted by Gasteiger charge is 2.34. The number of nitrogens with zero attached hydrogens (tertiary/aromatic N) is 1. The highest BCUT2D eigenvalue weighted by Crippen LogP contribution is 2.27. The zero-order valence-electron chi connectivity index (χ0n) is 17.4. The maximum absolute atomic E-state index is 12.7. The first-order valence-corrected chi connectivity index (χ1v) is 11.8. The number of hydrogen-bond donors (Lipinski definition) is 2. The SMILES string of the molecule is C[C@H]1CN(C(C)(C)CNC(=O)c2ccc(Cl)c(S(=O)(=O)NC3CC3)c2)C[C@H](C)O1. The summed E-state index contributed by atoms with van der Waals surface area (Å²) in [4.78, 5) is 15.0. The second-order valence-corrected chi connectivity index (χ2v) is 10.8. The fraction of sp³-hybridized carbons (Fsp3) is 0.650. The van der Waals surface area contributed by atoms with Gasteiger partial charge in [-0.3, -0.25) is 9.69 Å². The molecule has 3 rings (SSSR count). The van der Waals surface area contributed by atoms with E-state index in [0.29, 0.717) is 6.54 Å². The summed E-state index contributed by atoms with van der Waals surface area (Å²) in [6, 6.07) is 4.30. The smallest absolute Gasteiger partial charge is 0.251 e. The van der Waals surface area contributed by atoms with Gasteiger partial charge in [0.1, 0.15) is 4.90 Å². The number of halogens is 1. The molecule has 2 atom stereocenters. The summed E-state index contributed by atoms with van der Waals surface area (Å²) >= 11 is 6.10. The second-order valence-electron chi connectivity index (χ2n) is 8.70. The van der Waals surface area contributed by atoms with Gasteiger partial charge in [0.15, 0.2) is 0 Å². The van der Waals surface area contributed by atoms with Gasteiger partial charge in [-0.2, -0.15) is 0 Å². The Hall–Kier alpha value is -1.19. The number of hydrogen-bond acceptors (Lipinski definition) is 5. The Kier molecular flexibility index (Phi) is 6.60. The van der Waals surface area contributed by atoms with E-state index >= 15 is 0 Å². The highest BCUT2D eigenvalue weighted by atomic mass is 35.5. The molecule has 7 nitrogen and oxygen atoms in total. The van der Waals surface area contributed by atoms with Crippen molar-refractivity contribution in [2.24, 2.45) is 0 Å². The van der Waals surface area contributed by atoms with E-state index in [-0.39, 0.29) is 45.2 Å². The number of morpholine rings is 1. The van der Waals surface area contributed by atoms with Crippen molar-refractivity contribution in [2.45, 2.75) is 69.2 Å². The zero-order valence-corrected chi connectivity index (χ0v) is 18.9. The standard InChI is InChI=1S/C20H30ClN3O4S/c1-13-10-24(11-14(2)28-13)20(3,4)12-22-19(25)15-5-8-17(21)18(9-15)29(26,27)23-16-6-7-16/h5,8-9,13-14,16,23H,6-7,10-12H2,1-4H3,(H,22,25)/t13-,14-/m0/s1. The molecule has 1 amide bonds. The van der Waals surface area contributed by atoms with Crippen molar-refractivity contribution in [2.75, 3.05) is 19.6 Å². The first kappa shape index (κ1) is 22.5. The maximum atomic E-state index is 12.7. The molecule has 162 valence electrons. The lowest BCUT2D eigenvalue weighted by molar-refractivity contribution is -0.0948. The van der Waals surface area contributed by atoms with Crippen LogP contribution in [0.1, 0.15) is 50.9 Å². The van der Waals surface area contributed by atoms with Gasteiger partial charge in [-0.15, -0.1) is 0 Å². The van der Waals surface area contributed by atoms with Crippen molar-refractivity contribution in [1.82, 2.24) is 14.9 Å². The maximum Gasteiger partial charge on any atom is 0.251 e. The Morgan fingerprint density at radius 3 is 2.45 bits per heavy atom. The van der Waals surface area contributed by atoms with Crippen molar-refractivity contribution in [3.63, 3.8) is 0 Å². The second kappa shape index (κ2) is 8.51. The summed E-state index contributed by atoms with van der Waals surface area (Å²) < 4.78 is 33.4. The van der Waals surface area contributed by atoms with Crippen molar-refractivity contribution >= 4 is 27.5 Å². The third-order valence-corrected chi connectivity index (χ3v) is 7.34. The first-order chi connectivity index (χ1) is 13.5. The van der Waals surface area contributed by atoms with Crippen LogP contribution in [0.2, 0.25) is 5.02 Å². The van der Waals surface area contributed by atoms with Crippen molar-refractivity contribution in [1.29, 1.82) is 0 Å². The van der Waals surface area contributed by atoms with E-state index in [4.69, 9.17) is 16.3 Å². The Labute approximate surface area is 178 Å². The summed E-state index contributed by atoms with van der Waals surface area (Å²) in [5, 5.41) is 3.04. The molecule has 0 radical (unpaired) electrons. The van der Waals surface area contributed by atoms with Gasteiger partial charge < -0.3 is 10.1 Å². The lowest BCUT2D eigenvalue weighted by Crippen LogP contribution is -2.58. The van der Waals surface area contributed by atoms with E-state index in [0.717, 1.165) is 25.9 Å². The number of nitrogens with one attached hydrogen (secondary N) is 2. The van der Waals surface area contributed by atoms with E-state index in [2.05, 4.69) is 28.8 Å². The number of rotatable bonds is 7. The normalized spacial score (nSPS) is 23.8. The van der Waals surface area contributed by atoms with Gasteiger partial charge in [-0.25, -0.2) is 13.1 Å². The van der Waals surface area contributed by atoms with Crippen LogP contribution in [0.25, 0.3) is 0 Å². The van der Waals surface area contributed by atoms with E-state index in [9.17, 15) is 13.2 Å². The molecule has 1 aromatic rings. The average molecular weight is 444 g/mol. The first-order valence-electron chi connectivity index (χ1n) is 9.98. The van der Waals surface area contributed by atoms with E-state index in [1.54, 1.807) is 6.07 Å². The van der Waals surface area contributed by atoms with Crippen LogP contribution in [0.3, 0.4) is 0 Å². The zero-order chi connectivity index (χ0) is 21.4. The molecule has 0 aromatic heterocycles. The molecule has 0 bridgehead atoms. The third-order valence-electron chi connectivity index (χ3n) is 5.34. The van der Waals surface area contributed by atoms with Crippen LogP contribution in [-0.2, 0) is 14.8 Å². The minimum atomic E-state index is -3.74. The topological polar surface area (TPSA) is 87.7 Å². The third kappa shape index (κ3) is 5.70. The Morgan fingerprint density at radius 1 is 1.24 bits per heavy atom. The molecule has 0 spiro atoms. The van der Waals surface area contributed by atoms with Crippen molar-refractivity contribution in [3.05, 3.63) is 28.8 Å². The summed E-state index contributed by atoms with van der Waals surface area (Å²) in [6.45, 7) is 10.3. The summed E-state index contributed by atoms with van der Waals surface area (Å²) in [6.07, 6.45) is 1.92. The van der Waals surface area contributed by atoms with E-state index in [1.807, 2.05) is 13.8 Å². The average Bonchev–Trinajstić information content (AvgIpc) is 3.42. The molecule has 9 heteroatoms. The summed E-state index contributed by atoms with van der Waals surface area (Å²) in [7, 11) is -3.74. The number of sulfonamides is 1. The lowest BCUT2D eigenvalue weighted by atomic mass is 10.00. The molecule has 2 fully saturated rings. The fourth-order valence-electron chi connectivity index (χ4n) is 3.52. The van der Waals surface area contributed by atoms with Gasteiger partial charge in [-0.1, -0.05) is 11.6 Å². The fourth-order valence-corrected chi connectivity index (χ4v) is 5.35. The van der Waals surface area contributed by atoms with Crippen LogP contribution < -0.4 is 10.0 Å². The van der Waals surface area contributed by atoms with E-state index in [1.165, 1.54) is 12.1 Å². The van der Waals surface area contributed by atoms with Gasteiger partial charge in [0, 0.05) is 36.8 Å². The largest absolute Gasteiger partial charge is 0.373 e. The number of carbonyl (C=O) groups is 1. The molecule has 1 aliphatic carbocycles. The lowest BCUT2D eigenvalue weighted by Gasteiger charge is -2.45. The minimum Gasteiger partial charge on any atom is -0.373 e. The van der Waals surface area contributed by atoms with Crippen LogP contribution in [-0.4, -0.2) is 62.6 Å². The molecule has 1 heterocycles. The van der Waals surface area contributed by atoms with Crippen molar-refractivity contribution in [3.8, 4) is 0 Å². The van der Waals surface area contributed by atoms with E-state index < -0.39 is 10.0 Å². The Morgan fingerprint density at radius 2 is 1.86 bits per heavy atom. The van der Waals surface area contributed by atoms with Crippen LogP contribution in [0, 0.1) is 0 Å². The van der Waals surface area contributed by atoms with Crippen LogP contribution >= 0.6 is 11.6 Å². The molecule has 2 N–H and O–H groups in total. The van der Waals surface area contributed by atoms with Gasteiger partial charge in [0.2, 0.25) is 10.0 Å². The minimum absolute atomic E-state index is 0.0346. The number of amides is 1. The molecule has 1 aromatic carbocycles. The van der Waals surface area contributed by atoms with Crippen LogP contribution in [0.5, 0.6) is 0 Å². The number of ether oxygens (including phenoxy) is 1. The predicted octanol–water partition coefficient (Wildman–Crippen LogP) is 2.40. The Bertz CT molecular complexity index is 860. The summed E-state index contributed by atoms with van der Waals surface area (Å²) in [5.41, 5.74) is 0.00155. The van der Waals surface area contributed by atoms with Gasteiger partial charge in [0.05, 0.1) is 17.2 Å².